The fraction of sp³-hybridized carbons (Fsp3) is 0.0469. The molecule has 11 aromatic carbocycles. The molecule has 0 spiro atoms. The van der Waals surface area contributed by atoms with Gasteiger partial charge in [-0.3, -0.25) is 4.57 Å². The van der Waals surface area contributed by atoms with Gasteiger partial charge in [0.2, 0.25) is 0 Å². The third-order valence-corrected chi connectivity index (χ3v) is 14.7. The standard InChI is InChI=1S/C64H43N3/c1-64(2)57-39-54-50-26-11-9-24-48(50)47-23-8-10-25-49(47)53(54)38-55(57)61-62(64)52-28-13-12-27-51(52)60-56-37-46(32-33-58(56)67(63(60)61)59-29-14-15-34-65-59)66(45-31-30-41-19-6-7-20-42(41)36-45)44-22-16-21-43(35-44)40-17-4-3-5-18-40/h3-39H,1-2H3. The zero-order valence-corrected chi connectivity index (χ0v) is 37.2. The van der Waals surface area contributed by atoms with Crippen LogP contribution in [-0.2, 0) is 5.41 Å². The van der Waals surface area contributed by atoms with Crippen LogP contribution in [0.5, 0.6) is 0 Å². The molecular formula is C64H43N3. The Balaban J connectivity index is 1.11. The molecule has 1 aliphatic carbocycles. The summed E-state index contributed by atoms with van der Waals surface area (Å²) in [5, 5.41) is 15.1. The van der Waals surface area contributed by atoms with Crippen molar-refractivity contribution in [2.24, 2.45) is 0 Å². The van der Waals surface area contributed by atoms with Crippen LogP contribution in [0.2, 0.25) is 0 Å². The largest absolute Gasteiger partial charge is 0.310 e. The third-order valence-electron chi connectivity index (χ3n) is 14.7. The number of fused-ring (bicyclic) bond motifs is 17. The van der Waals surface area contributed by atoms with Crippen LogP contribution in [0, 0.1) is 0 Å². The van der Waals surface area contributed by atoms with E-state index in [0.29, 0.717) is 0 Å². The Hall–Kier alpha value is -8.53. The minimum atomic E-state index is -0.299. The van der Waals surface area contributed by atoms with Gasteiger partial charge < -0.3 is 4.90 Å². The predicted octanol–water partition coefficient (Wildman–Crippen LogP) is 17.4. The summed E-state index contributed by atoms with van der Waals surface area (Å²) in [6.07, 6.45) is 1.92. The summed E-state index contributed by atoms with van der Waals surface area (Å²) >= 11 is 0. The molecule has 2 heterocycles. The zero-order valence-electron chi connectivity index (χ0n) is 37.2. The molecule has 67 heavy (non-hydrogen) atoms. The quantitative estimate of drug-likeness (QED) is 0.161. The van der Waals surface area contributed by atoms with E-state index >= 15 is 0 Å². The van der Waals surface area contributed by atoms with Crippen LogP contribution >= 0.6 is 0 Å². The number of aromatic nitrogens is 2. The SMILES string of the molecule is CC1(C)c2cc3c4ccccc4c4ccccc4c3cc2-c2c1c1ccccc1c1c3cc(N(c4cccc(-c5ccccc5)c4)c4ccc5ccccc5c4)ccc3n(-c3ccccn3)c21. The van der Waals surface area contributed by atoms with E-state index in [1.165, 1.54) is 104 Å². The van der Waals surface area contributed by atoms with Gasteiger partial charge in [-0.25, -0.2) is 4.98 Å². The van der Waals surface area contributed by atoms with Gasteiger partial charge in [-0.2, -0.15) is 0 Å². The van der Waals surface area contributed by atoms with Gasteiger partial charge in [0.25, 0.3) is 0 Å². The lowest BCUT2D eigenvalue weighted by Crippen LogP contribution is -2.15. The number of anilines is 3. The zero-order chi connectivity index (χ0) is 44.4. The minimum absolute atomic E-state index is 0.299. The number of benzene rings is 11. The fourth-order valence-corrected chi connectivity index (χ4v) is 11.8. The van der Waals surface area contributed by atoms with Crippen LogP contribution in [0.15, 0.2) is 225 Å². The van der Waals surface area contributed by atoms with Crippen molar-refractivity contribution in [3.05, 3.63) is 236 Å². The summed E-state index contributed by atoms with van der Waals surface area (Å²) in [6.45, 7) is 4.86. The van der Waals surface area contributed by atoms with E-state index in [4.69, 9.17) is 4.98 Å². The first-order chi connectivity index (χ1) is 33.0. The van der Waals surface area contributed by atoms with Gasteiger partial charge in [0.05, 0.1) is 11.0 Å². The van der Waals surface area contributed by atoms with E-state index in [1.807, 2.05) is 12.3 Å². The summed E-state index contributed by atoms with van der Waals surface area (Å²) in [4.78, 5) is 7.55. The molecule has 0 unspecified atom stereocenters. The average molecular weight is 854 g/mol. The van der Waals surface area contributed by atoms with Crippen molar-refractivity contribution in [2.75, 3.05) is 4.90 Å². The van der Waals surface area contributed by atoms with Gasteiger partial charge in [0.1, 0.15) is 5.82 Å². The van der Waals surface area contributed by atoms with Crippen LogP contribution in [0.25, 0.3) is 104 Å². The molecule has 0 bridgehead atoms. The number of rotatable bonds is 5. The Morgan fingerprint density at radius 1 is 0.418 bits per heavy atom. The summed E-state index contributed by atoms with van der Waals surface area (Å²) < 4.78 is 2.45. The topological polar surface area (TPSA) is 21.1 Å². The van der Waals surface area contributed by atoms with Gasteiger partial charge >= 0.3 is 0 Å². The minimum Gasteiger partial charge on any atom is -0.310 e. The van der Waals surface area contributed by atoms with Gasteiger partial charge in [0.15, 0.2) is 0 Å². The molecule has 0 amide bonds. The van der Waals surface area contributed by atoms with Crippen molar-refractivity contribution in [3.8, 4) is 28.1 Å². The Labute approximate surface area is 388 Å². The molecule has 2 aromatic heterocycles. The average Bonchev–Trinajstić information content (AvgIpc) is 3.85. The summed E-state index contributed by atoms with van der Waals surface area (Å²) in [5.74, 6) is 0.901. The second kappa shape index (κ2) is 14.2. The molecule has 0 radical (unpaired) electrons. The Morgan fingerprint density at radius 3 is 1.76 bits per heavy atom. The van der Waals surface area contributed by atoms with Crippen molar-refractivity contribution in [1.82, 2.24) is 9.55 Å². The second-order valence-corrected chi connectivity index (χ2v) is 18.7. The van der Waals surface area contributed by atoms with Crippen LogP contribution < -0.4 is 4.90 Å². The van der Waals surface area contributed by atoms with Gasteiger partial charge in [-0.15, -0.1) is 0 Å². The van der Waals surface area contributed by atoms with Crippen molar-refractivity contribution in [1.29, 1.82) is 0 Å². The predicted molar refractivity (Wildman–Crippen MR) is 284 cm³/mol. The monoisotopic (exact) mass is 853 g/mol. The molecular weight excluding hydrogens is 811 g/mol. The lowest BCUT2D eigenvalue weighted by Gasteiger charge is -2.26. The highest BCUT2D eigenvalue weighted by molar-refractivity contribution is 6.30. The summed E-state index contributed by atoms with van der Waals surface area (Å²) in [6, 6.07) is 80.5. The highest BCUT2D eigenvalue weighted by atomic mass is 15.1. The van der Waals surface area contributed by atoms with E-state index in [1.54, 1.807) is 0 Å². The van der Waals surface area contributed by atoms with Crippen LogP contribution in [-0.4, -0.2) is 9.55 Å². The normalized spacial score (nSPS) is 13.0. The first-order valence-corrected chi connectivity index (χ1v) is 23.3. The maximum atomic E-state index is 5.12. The lowest BCUT2D eigenvalue weighted by molar-refractivity contribution is 0.667. The molecule has 0 saturated carbocycles. The molecule has 0 saturated heterocycles. The Bertz CT molecular complexity index is 4180. The second-order valence-electron chi connectivity index (χ2n) is 18.7. The first-order valence-electron chi connectivity index (χ1n) is 23.3. The molecule has 1 aliphatic rings. The maximum absolute atomic E-state index is 5.12. The van der Waals surface area contributed by atoms with Crippen LogP contribution in [0.1, 0.15) is 25.0 Å². The molecule has 13 aromatic rings. The smallest absolute Gasteiger partial charge is 0.137 e. The number of hydrogen-bond acceptors (Lipinski definition) is 2. The van der Waals surface area contributed by atoms with Crippen LogP contribution in [0.4, 0.5) is 17.1 Å². The Morgan fingerprint density at radius 2 is 1.01 bits per heavy atom. The summed E-state index contributed by atoms with van der Waals surface area (Å²) in [7, 11) is 0. The molecule has 0 aliphatic heterocycles. The molecule has 14 rings (SSSR count). The van der Waals surface area contributed by atoms with Gasteiger partial charge in [-0.05, 0) is 148 Å². The molecule has 3 heteroatoms. The molecule has 3 nitrogen and oxygen atoms in total. The van der Waals surface area contributed by atoms with E-state index in [0.717, 1.165) is 28.4 Å². The van der Waals surface area contributed by atoms with Crippen LogP contribution in [0.3, 0.4) is 0 Å². The molecule has 0 N–H and O–H groups in total. The molecule has 314 valence electrons. The summed E-state index contributed by atoms with van der Waals surface area (Å²) in [5.41, 5.74) is 13.0. The Kier molecular flexibility index (Phi) is 8.03. The third kappa shape index (κ3) is 5.49. The number of nitrogens with zero attached hydrogens (tertiary/aromatic N) is 3. The molecule has 0 fully saturated rings. The number of hydrogen-bond donors (Lipinski definition) is 0. The van der Waals surface area contributed by atoms with E-state index in [-0.39, 0.29) is 5.41 Å². The van der Waals surface area contributed by atoms with Crippen molar-refractivity contribution < 1.29 is 0 Å². The first kappa shape index (κ1) is 37.8. The fourth-order valence-electron chi connectivity index (χ4n) is 11.8. The lowest BCUT2D eigenvalue weighted by atomic mass is 9.79. The van der Waals surface area contributed by atoms with E-state index < -0.39 is 0 Å². The van der Waals surface area contributed by atoms with E-state index in [9.17, 15) is 0 Å². The molecule has 0 atom stereocenters. The number of pyridine rings is 1. The highest BCUT2D eigenvalue weighted by Gasteiger charge is 2.41. The highest BCUT2D eigenvalue weighted by Crippen LogP contribution is 2.58. The van der Waals surface area contributed by atoms with Crippen molar-refractivity contribution in [2.45, 2.75) is 19.3 Å². The van der Waals surface area contributed by atoms with Crippen molar-refractivity contribution >= 4 is 92.7 Å². The van der Waals surface area contributed by atoms with Gasteiger partial charge in [0, 0.05) is 45.0 Å². The maximum Gasteiger partial charge on any atom is 0.137 e. The van der Waals surface area contributed by atoms with Crippen molar-refractivity contribution in [3.63, 3.8) is 0 Å². The van der Waals surface area contributed by atoms with Gasteiger partial charge in [-0.1, -0.05) is 166 Å². The van der Waals surface area contributed by atoms with E-state index in [2.05, 4.69) is 236 Å².